The molecule has 21 heavy (non-hydrogen) atoms. The molecule has 8 heteroatoms. The summed E-state index contributed by atoms with van der Waals surface area (Å²) in [5.74, 6) is -0.886. The molecule has 3 nitrogen and oxygen atoms in total. The summed E-state index contributed by atoms with van der Waals surface area (Å²) in [4.78, 5) is 3.70. The van der Waals surface area contributed by atoms with Gasteiger partial charge in [-0.05, 0) is 30.3 Å². The lowest BCUT2D eigenvalue weighted by Crippen LogP contribution is -2.06. The summed E-state index contributed by atoms with van der Waals surface area (Å²) in [6.07, 6.45) is -4.57. The van der Waals surface area contributed by atoms with Crippen molar-refractivity contribution in [3.05, 3.63) is 52.4 Å². The van der Waals surface area contributed by atoms with Crippen LogP contribution in [0.4, 0.5) is 29.1 Å². The molecule has 2 rings (SSSR count). The highest BCUT2D eigenvalue weighted by Crippen LogP contribution is 2.32. The SMILES string of the molecule is N#Cc1cc(Nc2cc(C(F)(F)F)cc(Cl)n2)ccc1F. The Bertz CT molecular complexity index is 722. The molecule has 1 heterocycles. The predicted molar refractivity (Wildman–Crippen MR) is 68.6 cm³/mol. The second-order valence-electron chi connectivity index (χ2n) is 3.99. The van der Waals surface area contributed by atoms with Gasteiger partial charge < -0.3 is 5.32 Å². The fourth-order valence-corrected chi connectivity index (χ4v) is 1.77. The lowest BCUT2D eigenvalue weighted by molar-refractivity contribution is -0.137. The van der Waals surface area contributed by atoms with Gasteiger partial charge in [0.05, 0.1) is 11.1 Å². The van der Waals surface area contributed by atoms with E-state index in [0.717, 1.165) is 18.2 Å². The first-order valence-electron chi connectivity index (χ1n) is 5.51. The van der Waals surface area contributed by atoms with Crippen LogP contribution in [0.15, 0.2) is 30.3 Å². The van der Waals surface area contributed by atoms with E-state index in [2.05, 4.69) is 10.3 Å². The fraction of sp³-hybridized carbons (Fsp3) is 0.0769. The molecular formula is C13H6ClF4N3. The highest BCUT2D eigenvalue weighted by atomic mass is 35.5. The zero-order chi connectivity index (χ0) is 15.6. The first-order valence-corrected chi connectivity index (χ1v) is 5.89. The van der Waals surface area contributed by atoms with E-state index in [0.29, 0.717) is 6.07 Å². The topological polar surface area (TPSA) is 48.7 Å². The van der Waals surface area contributed by atoms with Gasteiger partial charge in [0.1, 0.15) is 22.9 Å². The minimum atomic E-state index is -4.57. The second kappa shape index (κ2) is 5.58. The number of nitrogens with one attached hydrogen (secondary N) is 1. The highest BCUT2D eigenvalue weighted by Gasteiger charge is 2.31. The molecule has 1 aromatic heterocycles. The van der Waals surface area contributed by atoms with Gasteiger partial charge in [0.25, 0.3) is 0 Å². The third-order valence-electron chi connectivity index (χ3n) is 2.48. The molecule has 0 bridgehead atoms. The fourth-order valence-electron chi connectivity index (χ4n) is 1.56. The molecule has 0 aliphatic heterocycles. The van der Waals surface area contributed by atoms with E-state index < -0.39 is 17.6 Å². The van der Waals surface area contributed by atoms with Crippen molar-refractivity contribution >= 4 is 23.1 Å². The molecule has 108 valence electrons. The molecule has 0 radical (unpaired) electrons. The van der Waals surface area contributed by atoms with Gasteiger partial charge in [0, 0.05) is 5.69 Å². The monoisotopic (exact) mass is 315 g/mol. The van der Waals surface area contributed by atoms with Gasteiger partial charge >= 0.3 is 6.18 Å². The highest BCUT2D eigenvalue weighted by molar-refractivity contribution is 6.29. The maximum Gasteiger partial charge on any atom is 0.416 e. The zero-order valence-electron chi connectivity index (χ0n) is 10.2. The van der Waals surface area contributed by atoms with Crippen LogP contribution in [0.3, 0.4) is 0 Å². The summed E-state index contributed by atoms with van der Waals surface area (Å²) in [5.41, 5.74) is -0.985. The van der Waals surface area contributed by atoms with Crippen LogP contribution >= 0.6 is 11.6 Å². The van der Waals surface area contributed by atoms with Gasteiger partial charge in [-0.15, -0.1) is 0 Å². The molecule has 2 aromatic rings. The third kappa shape index (κ3) is 3.61. The average molecular weight is 316 g/mol. The average Bonchev–Trinajstić information content (AvgIpc) is 2.39. The Morgan fingerprint density at radius 1 is 1.19 bits per heavy atom. The quantitative estimate of drug-likeness (QED) is 0.655. The number of pyridine rings is 1. The number of nitriles is 1. The molecule has 0 atom stereocenters. The van der Waals surface area contributed by atoms with E-state index in [-0.39, 0.29) is 22.2 Å². The zero-order valence-corrected chi connectivity index (χ0v) is 10.9. The molecule has 0 aliphatic rings. The Morgan fingerprint density at radius 2 is 1.90 bits per heavy atom. The maximum atomic E-state index is 13.2. The van der Waals surface area contributed by atoms with Crippen molar-refractivity contribution in [1.82, 2.24) is 4.98 Å². The van der Waals surface area contributed by atoms with Gasteiger partial charge in [-0.3, -0.25) is 0 Å². The van der Waals surface area contributed by atoms with Gasteiger partial charge in [-0.1, -0.05) is 11.6 Å². The Morgan fingerprint density at radius 3 is 2.52 bits per heavy atom. The largest absolute Gasteiger partial charge is 0.416 e. The number of rotatable bonds is 2. The smallest absolute Gasteiger partial charge is 0.340 e. The summed E-state index contributed by atoms with van der Waals surface area (Å²) in [6, 6.07) is 6.54. The van der Waals surface area contributed by atoms with Gasteiger partial charge in [0.2, 0.25) is 0 Å². The molecule has 0 saturated carbocycles. The summed E-state index contributed by atoms with van der Waals surface area (Å²) < 4.78 is 51.1. The van der Waals surface area contributed by atoms with E-state index in [1.165, 1.54) is 6.07 Å². The van der Waals surface area contributed by atoms with Crippen LogP contribution in [0, 0.1) is 17.1 Å². The lowest BCUT2D eigenvalue weighted by Gasteiger charge is -2.11. The van der Waals surface area contributed by atoms with E-state index in [1.807, 2.05) is 0 Å². The summed E-state index contributed by atoms with van der Waals surface area (Å²) in [5, 5.41) is 10.9. The van der Waals surface area contributed by atoms with Gasteiger partial charge in [-0.25, -0.2) is 9.37 Å². The number of alkyl halides is 3. The molecule has 0 saturated heterocycles. The van der Waals surface area contributed by atoms with Crippen LogP contribution < -0.4 is 5.32 Å². The summed E-state index contributed by atoms with van der Waals surface area (Å²) in [6.45, 7) is 0. The molecular weight excluding hydrogens is 310 g/mol. The third-order valence-corrected chi connectivity index (χ3v) is 2.67. The lowest BCUT2D eigenvalue weighted by atomic mass is 10.2. The Kier molecular flexibility index (Phi) is 4.00. The minimum Gasteiger partial charge on any atom is -0.340 e. The van der Waals surface area contributed by atoms with Crippen molar-refractivity contribution in [3.63, 3.8) is 0 Å². The van der Waals surface area contributed by atoms with Crippen molar-refractivity contribution in [3.8, 4) is 6.07 Å². The normalized spacial score (nSPS) is 11.0. The van der Waals surface area contributed by atoms with Crippen molar-refractivity contribution < 1.29 is 17.6 Å². The number of nitrogens with zero attached hydrogens (tertiary/aromatic N) is 2. The Balaban J connectivity index is 2.36. The molecule has 1 N–H and O–H groups in total. The van der Waals surface area contributed by atoms with Crippen LogP contribution in [-0.2, 0) is 6.18 Å². The standard InChI is InChI=1S/C13H6ClF4N3/c14-11-4-8(13(16,17)18)5-12(21-11)20-9-1-2-10(15)7(3-9)6-19/h1-5H,(H,20,21). The second-order valence-corrected chi connectivity index (χ2v) is 4.38. The van der Waals surface area contributed by atoms with E-state index >= 15 is 0 Å². The summed E-state index contributed by atoms with van der Waals surface area (Å²) in [7, 11) is 0. The molecule has 0 spiro atoms. The van der Waals surface area contributed by atoms with Crippen LogP contribution in [0.1, 0.15) is 11.1 Å². The van der Waals surface area contributed by atoms with Crippen molar-refractivity contribution in [2.24, 2.45) is 0 Å². The van der Waals surface area contributed by atoms with E-state index in [9.17, 15) is 17.6 Å². The number of aromatic nitrogens is 1. The number of hydrogen-bond donors (Lipinski definition) is 1. The van der Waals surface area contributed by atoms with E-state index in [4.69, 9.17) is 16.9 Å². The maximum absolute atomic E-state index is 13.2. The Labute approximate surface area is 121 Å². The molecule has 0 unspecified atom stereocenters. The molecule has 0 aliphatic carbocycles. The minimum absolute atomic E-state index is 0.162. The van der Waals surface area contributed by atoms with Crippen molar-refractivity contribution in [2.75, 3.05) is 5.32 Å². The van der Waals surface area contributed by atoms with Crippen molar-refractivity contribution in [2.45, 2.75) is 6.18 Å². The first kappa shape index (κ1) is 15.1. The number of hydrogen-bond acceptors (Lipinski definition) is 3. The number of anilines is 2. The predicted octanol–water partition coefficient (Wildman–Crippen LogP) is 4.51. The van der Waals surface area contributed by atoms with Gasteiger partial charge in [0.15, 0.2) is 0 Å². The van der Waals surface area contributed by atoms with Crippen LogP contribution in [0.2, 0.25) is 5.15 Å². The summed E-state index contributed by atoms with van der Waals surface area (Å²) >= 11 is 5.54. The molecule has 0 amide bonds. The Hall–Kier alpha value is -2.33. The van der Waals surface area contributed by atoms with Crippen molar-refractivity contribution in [1.29, 1.82) is 5.26 Å². The number of benzene rings is 1. The molecule has 0 fully saturated rings. The van der Waals surface area contributed by atoms with Crippen LogP contribution in [-0.4, -0.2) is 4.98 Å². The number of halogens is 5. The van der Waals surface area contributed by atoms with Gasteiger partial charge in [-0.2, -0.15) is 18.4 Å². The van der Waals surface area contributed by atoms with E-state index in [1.54, 1.807) is 6.07 Å². The first-order chi connectivity index (χ1) is 9.79. The van der Waals surface area contributed by atoms with Crippen LogP contribution in [0.5, 0.6) is 0 Å². The molecule has 1 aromatic carbocycles. The van der Waals surface area contributed by atoms with Crippen LogP contribution in [0.25, 0.3) is 0 Å².